The number of thiazole rings is 1. The van der Waals surface area contributed by atoms with E-state index in [0.29, 0.717) is 12.5 Å². The van der Waals surface area contributed by atoms with Crippen molar-refractivity contribution in [2.45, 2.75) is 32.6 Å². The summed E-state index contributed by atoms with van der Waals surface area (Å²) in [6.45, 7) is 8.77. The molecule has 2 N–H and O–H groups in total. The van der Waals surface area contributed by atoms with Gasteiger partial charge in [-0.15, -0.1) is 11.3 Å². The minimum atomic E-state index is 0.399. The molecule has 96 valence electrons. The predicted octanol–water partition coefficient (Wildman–Crippen LogP) is 2.09. The second kappa shape index (κ2) is 5.94. The van der Waals surface area contributed by atoms with Gasteiger partial charge in [0.25, 0.3) is 0 Å². The molecule has 2 atom stereocenters. The van der Waals surface area contributed by atoms with E-state index in [1.54, 1.807) is 11.3 Å². The van der Waals surface area contributed by atoms with Crippen molar-refractivity contribution in [3.8, 4) is 0 Å². The first-order valence-electron chi connectivity index (χ1n) is 6.59. The standard InChI is InChI=1S/C13H23N3S/c1-3-16-5-4-11(8-16)6-13-15-12(9-17-13)10(2)7-14/h9-11H,3-8,14H2,1-2H3. The van der Waals surface area contributed by atoms with Gasteiger partial charge in [0.1, 0.15) is 0 Å². The van der Waals surface area contributed by atoms with E-state index in [9.17, 15) is 0 Å². The van der Waals surface area contributed by atoms with Gasteiger partial charge < -0.3 is 10.6 Å². The molecule has 0 bridgehead atoms. The lowest BCUT2D eigenvalue weighted by Crippen LogP contribution is -2.20. The number of rotatable bonds is 5. The van der Waals surface area contributed by atoms with Gasteiger partial charge in [-0.1, -0.05) is 13.8 Å². The number of aromatic nitrogens is 1. The van der Waals surface area contributed by atoms with Crippen molar-refractivity contribution >= 4 is 11.3 Å². The molecule has 1 fully saturated rings. The third-order valence-electron chi connectivity index (χ3n) is 3.71. The van der Waals surface area contributed by atoms with Crippen molar-refractivity contribution in [3.63, 3.8) is 0 Å². The van der Waals surface area contributed by atoms with E-state index < -0.39 is 0 Å². The Balaban J connectivity index is 1.89. The van der Waals surface area contributed by atoms with Crippen LogP contribution in [0.3, 0.4) is 0 Å². The summed E-state index contributed by atoms with van der Waals surface area (Å²) in [7, 11) is 0. The highest BCUT2D eigenvalue weighted by molar-refractivity contribution is 7.09. The second-order valence-electron chi connectivity index (χ2n) is 5.05. The molecule has 2 heterocycles. The van der Waals surface area contributed by atoms with E-state index in [2.05, 4.69) is 24.1 Å². The Kier molecular flexibility index (Phi) is 4.54. The molecule has 0 radical (unpaired) electrons. The Morgan fingerprint density at radius 3 is 3.12 bits per heavy atom. The number of hydrogen-bond donors (Lipinski definition) is 1. The molecule has 1 aliphatic rings. The zero-order valence-electron chi connectivity index (χ0n) is 10.9. The fraction of sp³-hybridized carbons (Fsp3) is 0.769. The fourth-order valence-electron chi connectivity index (χ4n) is 2.38. The highest BCUT2D eigenvalue weighted by Crippen LogP contribution is 2.24. The molecule has 0 saturated carbocycles. The van der Waals surface area contributed by atoms with Crippen molar-refractivity contribution in [1.82, 2.24) is 9.88 Å². The molecule has 0 spiro atoms. The Morgan fingerprint density at radius 1 is 1.65 bits per heavy atom. The van der Waals surface area contributed by atoms with Crippen molar-refractivity contribution in [2.75, 3.05) is 26.2 Å². The minimum absolute atomic E-state index is 0.399. The highest BCUT2D eigenvalue weighted by atomic mass is 32.1. The van der Waals surface area contributed by atoms with Gasteiger partial charge in [-0.25, -0.2) is 4.98 Å². The zero-order chi connectivity index (χ0) is 12.3. The Morgan fingerprint density at radius 2 is 2.47 bits per heavy atom. The zero-order valence-corrected chi connectivity index (χ0v) is 11.7. The SMILES string of the molecule is CCN1CCC(Cc2nc(C(C)CN)cs2)C1. The van der Waals surface area contributed by atoms with Crippen LogP contribution >= 0.6 is 11.3 Å². The van der Waals surface area contributed by atoms with E-state index in [-0.39, 0.29) is 0 Å². The van der Waals surface area contributed by atoms with Crippen LogP contribution < -0.4 is 5.73 Å². The van der Waals surface area contributed by atoms with Crippen molar-refractivity contribution in [3.05, 3.63) is 16.1 Å². The van der Waals surface area contributed by atoms with Crippen LogP contribution in [0.1, 0.15) is 36.9 Å². The van der Waals surface area contributed by atoms with Crippen molar-refractivity contribution < 1.29 is 0 Å². The Hall–Kier alpha value is -0.450. The van der Waals surface area contributed by atoms with Gasteiger partial charge >= 0.3 is 0 Å². The lowest BCUT2D eigenvalue weighted by atomic mass is 10.1. The third kappa shape index (κ3) is 3.27. The van der Waals surface area contributed by atoms with Gasteiger partial charge in [0.2, 0.25) is 0 Å². The van der Waals surface area contributed by atoms with Crippen LogP contribution in [0.15, 0.2) is 5.38 Å². The van der Waals surface area contributed by atoms with E-state index in [4.69, 9.17) is 10.7 Å². The summed E-state index contributed by atoms with van der Waals surface area (Å²) >= 11 is 1.80. The van der Waals surface area contributed by atoms with Crippen LogP contribution in [0, 0.1) is 5.92 Å². The molecule has 1 aliphatic heterocycles. The highest BCUT2D eigenvalue weighted by Gasteiger charge is 2.22. The van der Waals surface area contributed by atoms with Crippen LogP contribution in [0.25, 0.3) is 0 Å². The summed E-state index contributed by atoms with van der Waals surface area (Å²) in [6, 6.07) is 0. The first-order valence-corrected chi connectivity index (χ1v) is 7.47. The second-order valence-corrected chi connectivity index (χ2v) is 6.00. The van der Waals surface area contributed by atoms with E-state index >= 15 is 0 Å². The number of nitrogens with two attached hydrogens (primary N) is 1. The molecule has 1 saturated heterocycles. The average Bonchev–Trinajstić information content (AvgIpc) is 2.97. The molecule has 0 amide bonds. The molecule has 0 aliphatic carbocycles. The lowest BCUT2D eigenvalue weighted by molar-refractivity contribution is 0.342. The largest absolute Gasteiger partial charge is 0.330 e. The van der Waals surface area contributed by atoms with Gasteiger partial charge in [0, 0.05) is 30.8 Å². The molecular weight excluding hydrogens is 230 g/mol. The topological polar surface area (TPSA) is 42.2 Å². The maximum atomic E-state index is 5.67. The Labute approximate surface area is 108 Å². The number of likely N-dealkylation sites (tertiary alicyclic amines) is 1. The minimum Gasteiger partial charge on any atom is -0.330 e. The molecular formula is C13H23N3S. The van der Waals surface area contributed by atoms with Gasteiger partial charge in [-0.05, 0) is 25.4 Å². The fourth-order valence-corrected chi connectivity index (χ4v) is 3.41. The van der Waals surface area contributed by atoms with Crippen LogP contribution in [-0.4, -0.2) is 36.1 Å². The van der Waals surface area contributed by atoms with Crippen LogP contribution in [0.2, 0.25) is 0 Å². The van der Waals surface area contributed by atoms with Crippen molar-refractivity contribution in [1.29, 1.82) is 0 Å². The molecule has 0 aromatic carbocycles. The maximum absolute atomic E-state index is 5.67. The van der Waals surface area contributed by atoms with Gasteiger partial charge in [0.05, 0.1) is 10.7 Å². The lowest BCUT2D eigenvalue weighted by Gasteiger charge is -2.12. The average molecular weight is 253 g/mol. The third-order valence-corrected chi connectivity index (χ3v) is 4.60. The first-order chi connectivity index (χ1) is 8.22. The van der Waals surface area contributed by atoms with E-state index in [1.807, 2.05) is 0 Å². The molecule has 1 aromatic rings. The van der Waals surface area contributed by atoms with E-state index in [0.717, 1.165) is 12.3 Å². The summed E-state index contributed by atoms with van der Waals surface area (Å²) in [5.74, 6) is 1.21. The summed E-state index contributed by atoms with van der Waals surface area (Å²) in [5.41, 5.74) is 6.85. The van der Waals surface area contributed by atoms with Gasteiger partial charge in [-0.2, -0.15) is 0 Å². The normalized spacial score (nSPS) is 23.1. The summed E-state index contributed by atoms with van der Waals surface area (Å²) in [4.78, 5) is 7.24. The van der Waals surface area contributed by atoms with Crippen molar-refractivity contribution in [2.24, 2.45) is 11.7 Å². The van der Waals surface area contributed by atoms with Gasteiger partial charge in [0.15, 0.2) is 0 Å². The first kappa shape index (κ1) is 13.0. The monoisotopic (exact) mass is 253 g/mol. The summed E-state index contributed by atoms with van der Waals surface area (Å²) in [5, 5.41) is 3.47. The molecule has 2 unspecified atom stereocenters. The summed E-state index contributed by atoms with van der Waals surface area (Å²) in [6.07, 6.45) is 2.48. The van der Waals surface area contributed by atoms with Crippen LogP contribution in [0.4, 0.5) is 0 Å². The number of nitrogens with zero attached hydrogens (tertiary/aromatic N) is 2. The maximum Gasteiger partial charge on any atom is 0.0931 e. The quantitative estimate of drug-likeness (QED) is 0.873. The van der Waals surface area contributed by atoms with Gasteiger partial charge in [-0.3, -0.25) is 0 Å². The van der Waals surface area contributed by atoms with E-state index in [1.165, 1.54) is 36.8 Å². The summed E-state index contributed by atoms with van der Waals surface area (Å²) < 4.78 is 0. The molecule has 17 heavy (non-hydrogen) atoms. The molecule has 3 nitrogen and oxygen atoms in total. The molecule has 1 aromatic heterocycles. The molecule has 2 rings (SSSR count). The smallest absolute Gasteiger partial charge is 0.0931 e. The number of hydrogen-bond acceptors (Lipinski definition) is 4. The van der Waals surface area contributed by atoms with Crippen LogP contribution in [-0.2, 0) is 6.42 Å². The molecule has 4 heteroatoms. The Bertz CT molecular complexity index is 350. The van der Waals surface area contributed by atoms with Crippen LogP contribution in [0.5, 0.6) is 0 Å². The predicted molar refractivity (Wildman–Crippen MR) is 73.5 cm³/mol.